The summed E-state index contributed by atoms with van der Waals surface area (Å²) in [5.74, 6) is 1.69. The SMILES string of the molecule is COc1ccc2c(c1)c(-c1csc(-c3cn(Cc4ccccc4)c4cc(OC)ccc34)n1)c(C)n2Cc1ccccc1. The van der Waals surface area contributed by atoms with Crippen molar-refractivity contribution in [2.75, 3.05) is 14.2 Å². The predicted octanol–water partition coefficient (Wildman–Crippen LogP) is 8.81. The molecule has 0 atom stereocenters. The van der Waals surface area contributed by atoms with Crippen LogP contribution in [0.4, 0.5) is 0 Å². The van der Waals surface area contributed by atoms with Gasteiger partial charge in [0.15, 0.2) is 0 Å². The monoisotopic (exact) mass is 569 g/mol. The van der Waals surface area contributed by atoms with Crippen LogP contribution in [0.25, 0.3) is 43.6 Å². The van der Waals surface area contributed by atoms with Crippen LogP contribution in [0.15, 0.2) is 109 Å². The third-order valence-electron chi connectivity index (χ3n) is 7.99. The summed E-state index contributed by atoms with van der Waals surface area (Å²) < 4.78 is 15.9. The zero-order chi connectivity index (χ0) is 28.6. The van der Waals surface area contributed by atoms with Crippen molar-refractivity contribution in [1.29, 1.82) is 0 Å². The van der Waals surface area contributed by atoms with Crippen LogP contribution in [0, 0.1) is 6.92 Å². The zero-order valence-electron chi connectivity index (χ0n) is 23.9. The molecule has 42 heavy (non-hydrogen) atoms. The molecular weight excluding hydrogens is 538 g/mol. The van der Waals surface area contributed by atoms with Crippen molar-refractivity contribution in [3.8, 4) is 33.3 Å². The van der Waals surface area contributed by atoms with Gasteiger partial charge in [0.05, 0.1) is 25.4 Å². The fourth-order valence-corrected chi connectivity index (χ4v) is 6.71. The lowest BCUT2D eigenvalue weighted by molar-refractivity contribution is 0.415. The zero-order valence-corrected chi connectivity index (χ0v) is 24.7. The quantitative estimate of drug-likeness (QED) is 0.184. The summed E-state index contributed by atoms with van der Waals surface area (Å²) in [5, 5.41) is 5.50. The number of thiazole rings is 1. The van der Waals surface area contributed by atoms with E-state index < -0.39 is 0 Å². The molecular formula is C36H31N3O2S. The first-order valence-corrected chi connectivity index (χ1v) is 14.9. The molecule has 0 saturated heterocycles. The highest BCUT2D eigenvalue weighted by atomic mass is 32.1. The number of hydrogen-bond acceptors (Lipinski definition) is 4. The van der Waals surface area contributed by atoms with Crippen molar-refractivity contribution in [3.05, 3.63) is 125 Å². The molecule has 0 amide bonds. The van der Waals surface area contributed by atoms with Gasteiger partial charge < -0.3 is 18.6 Å². The van der Waals surface area contributed by atoms with Crippen LogP contribution >= 0.6 is 11.3 Å². The number of nitrogens with zero attached hydrogens (tertiary/aromatic N) is 3. The minimum atomic E-state index is 0.772. The van der Waals surface area contributed by atoms with E-state index in [1.54, 1.807) is 25.6 Å². The average Bonchev–Trinajstić information content (AvgIpc) is 3.72. The standard InChI is InChI=1S/C36H31N3O2S/c1-24-35(30-18-27(40-2)15-17-33(30)39(24)21-26-12-8-5-9-13-26)32-23-42-36(37-32)31-22-38(20-25-10-6-4-7-11-25)34-19-28(41-3)14-16-29(31)34/h4-19,22-23H,20-21H2,1-3H3. The molecule has 0 unspecified atom stereocenters. The molecule has 208 valence electrons. The largest absolute Gasteiger partial charge is 0.497 e. The van der Waals surface area contributed by atoms with Crippen LogP contribution in [0.3, 0.4) is 0 Å². The maximum absolute atomic E-state index is 5.63. The van der Waals surface area contributed by atoms with E-state index in [0.29, 0.717) is 0 Å². The Balaban J connectivity index is 1.35. The van der Waals surface area contributed by atoms with Gasteiger partial charge in [-0.15, -0.1) is 11.3 Å². The van der Waals surface area contributed by atoms with E-state index in [1.165, 1.54) is 22.3 Å². The molecule has 4 aromatic carbocycles. The molecule has 0 aliphatic heterocycles. The molecule has 0 spiro atoms. The lowest BCUT2D eigenvalue weighted by Gasteiger charge is -2.09. The van der Waals surface area contributed by atoms with Crippen molar-refractivity contribution >= 4 is 33.1 Å². The Bertz CT molecular complexity index is 2020. The first-order chi connectivity index (χ1) is 20.6. The molecule has 0 aliphatic carbocycles. The Kier molecular flexibility index (Phi) is 6.76. The van der Waals surface area contributed by atoms with Gasteiger partial charge in [0, 0.05) is 63.8 Å². The average molecular weight is 570 g/mol. The van der Waals surface area contributed by atoms with Crippen LogP contribution in [-0.2, 0) is 13.1 Å². The second kappa shape index (κ2) is 10.9. The first kappa shape index (κ1) is 26.1. The Morgan fingerprint density at radius 2 is 1.38 bits per heavy atom. The number of rotatable bonds is 8. The first-order valence-electron chi connectivity index (χ1n) is 14.0. The Morgan fingerprint density at radius 1 is 0.714 bits per heavy atom. The van der Waals surface area contributed by atoms with Crippen LogP contribution in [-0.4, -0.2) is 28.3 Å². The summed E-state index contributed by atoms with van der Waals surface area (Å²) in [7, 11) is 3.43. The summed E-state index contributed by atoms with van der Waals surface area (Å²) in [6.45, 7) is 3.76. The molecule has 0 aliphatic rings. The van der Waals surface area contributed by atoms with E-state index in [4.69, 9.17) is 14.5 Å². The number of fused-ring (bicyclic) bond motifs is 2. The molecule has 0 saturated carbocycles. The molecule has 3 aromatic heterocycles. The molecule has 0 radical (unpaired) electrons. The predicted molar refractivity (Wildman–Crippen MR) is 173 cm³/mol. The highest BCUT2D eigenvalue weighted by Gasteiger charge is 2.21. The number of methoxy groups -OCH3 is 2. The van der Waals surface area contributed by atoms with Crippen molar-refractivity contribution in [2.45, 2.75) is 20.0 Å². The normalized spacial score (nSPS) is 11.4. The summed E-state index contributed by atoms with van der Waals surface area (Å²) in [6, 6.07) is 33.8. The van der Waals surface area contributed by atoms with Crippen LogP contribution in [0.5, 0.6) is 11.5 Å². The topological polar surface area (TPSA) is 41.2 Å². The fourth-order valence-electron chi connectivity index (χ4n) is 5.87. The molecule has 0 bridgehead atoms. The van der Waals surface area contributed by atoms with Gasteiger partial charge >= 0.3 is 0 Å². The van der Waals surface area contributed by atoms with Gasteiger partial charge in [-0.25, -0.2) is 4.98 Å². The van der Waals surface area contributed by atoms with Gasteiger partial charge in [-0.05, 0) is 48.4 Å². The highest BCUT2D eigenvalue weighted by Crippen LogP contribution is 2.41. The van der Waals surface area contributed by atoms with E-state index >= 15 is 0 Å². The lowest BCUT2D eigenvalue weighted by Crippen LogP contribution is -2.01. The van der Waals surface area contributed by atoms with Crippen molar-refractivity contribution < 1.29 is 9.47 Å². The molecule has 7 rings (SSSR count). The second-order valence-electron chi connectivity index (χ2n) is 10.5. The van der Waals surface area contributed by atoms with Gasteiger partial charge in [-0.2, -0.15) is 0 Å². The Hall–Kier alpha value is -4.81. The third kappa shape index (κ3) is 4.64. The van der Waals surface area contributed by atoms with Gasteiger partial charge in [0.1, 0.15) is 16.5 Å². The summed E-state index contributed by atoms with van der Waals surface area (Å²) >= 11 is 1.69. The third-order valence-corrected chi connectivity index (χ3v) is 8.87. The van der Waals surface area contributed by atoms with Crippen molar-refractivity contribution in [2.24, 2.45) is 0 Å². The van der Waals surface area contributed by atoms with E-state index in [1.807, 2.05) is 12.1 Å². The van der Waals surface area contributed by atoms with Crippen LogP contribution < -0.4 is 9.47 Å². The smallest absolute Gasteiger partial charge is 0.126 e. The number of benzene rings is 4. The summed E-state index contributed by atoms with van der Waals surface area (Å²) in [5.41, 5.74) is 9.27. The van der Waals surface area contributed by atoms with E-state index in [-0.39, 0.29) is 0 Å². The molecule has 0 fully saturated rings. The van der Waals surface area contributed by atoms with E-state index in [9.17, 15) is 0 Å². The van der Waals surface area contributed by atoms with Gasteiger partial charge in [-0.3, -0.25) is 0 Å². The van der Waals surface area contributed by atoms with Crippen LogP contribution in [0.2, 0.25) is 0 Å². The Morgan fingerprint density at radius 3 is 2.10 bits per heavy atom. The van der Waals surface area contributed by atoms with E-state index in [2.05, 4.69) is 113 Å². The second-order valence-corrected chi connectivity index (χ2v) is 11.4. The molecule has 3 heterocycles. The molecule has 6 heteroatoms. The fraction of sp³-hybridized carbons (Fsp3) is 0.139. The van der Waals surface area contributed by atoms with Gasteiger partial charge in [0.25, 0.3) is 0 Å². The lowest BCUT2D eigenvalue weighted by atomic mass is 10.1. The van der Waals surface area contributed by atoms with Crippen molar-refractivity contribution in [1.82, 2.24) is 14.1 Å². The minimum Gasteiger partial charge on any atom is -0.497 e. The number of aromatic nitrogens is 3. The summed E-state index contributed by atoms with van der Waals surface area (Å²) in [4.78, 5) is 5.27. The molecule has 0 N–H and O–H groups in total. The number of hydrogen-bond donors (Lipinski definition) is 0. The maximum atomic E-state index is 5.63. The number of ether oxygens (including phenoxy) is 2. The van der Waals surface area contributed by atoms with Gasteiger partial charge in [-0.1, -0.05) is 60.7 Å². The maximum Gasteiger partial charge on any atom is 0.126 e. The minimum absolute atomic E-state index is 0.772. The van der Waals surface area contributed by atoms with E-state index in [0.717, 1.165) is 62.7 Å². The highest BCUT2D eigenvalue weighted by molar-refractivity contribution is 7.13. The summed E-state index contributed by atoms with van der Waals surface area (Å²) in [6.07, 6.45) is 2.23. The van der Waals surface area contributed by atoms with Crippen molar-refractivity contribution in [3.63, 3.8) is 0 Å². The van der Waals surface area contributed by atoms with Crippen LogP contribution in [0.1, 0.15) is 16.8 Å². The van der Waals surface area contributed by atoms with Gasteiger partial charge in [0.2, 0.25) is 0 Å². The molecule has 5 nitrogen and oxygen atoms in total. The molecule has 7 aromatic rings. The Labute approximate surface area is 249 Å².